The first-order valence-corrected chi connectivity index (χ1v) is 4.38. The third-order valence-electron chi connectivity index (χ3n) is 1.77. The molecule has 0 radical (unpaired) electrons. The van der Waals surface area contributed by atoms with Gasteiger partial charge in [-0.15, -0.1) is 13.2 Å². The molecular formula is C8H5F3N2O6. The lowest BCUT2D eigenvalue weighted by atomic mass is 10.2. The summed E-state index contributed by atoms with van der Waals surface area (Å²) in [6.45, 7) is 0. The Balaban J connectivity index is 3.45. The van der Waals surface area contributed by atoms with Crippen LogP contribution in [0.3, 0.4) is 0 Å². The second-order valence-electron chi connectivity index (χ2n) is 2.98. The Kier molecular flexibility index (Phi) is 3.77. The molecule has 104 valence electrons. The molecule has 1 rings (SSSR count). The molecule has 1 aromatic rings. The van der Waals surface area contributed by atoms with Crippen LogP contribution >= 0.6 is 0 Å². The summed E-state index contributed by atoms with van der Waals surface area (Å²) in [4.78, 5) is 23.3. The van der Waals surface area contributed by atoms with Gasteiger partial charge in [-0.1, -0.05) is 0 Å². The Morgan fingerprint density at radius 3 is 2.42 bits per heavy atom. The van der Waals surface area contributed by atoms with Crippen molar-refractivity contribution in [1.82, 2.24) is 4.98 Å². The van der Waals surface area contributed by atoms with E-state index in [-0.39, 0.29) is 0 Å². The number of carboxylic acid groups (broad SMARTS) is 1. The first-order chi connectivity index (χ1) is 8.65. The summed E-state index contributed by atoms with van der Waals surface area (Å²) >= 11 is 0. The van der Waals surface area contributed by atoms with E-state index in [9.17, 15) is 28.1 Å². The van der Waals surface area contributed by atoms with Crippen LogP contribution in [0.15, 0.2) is 6.07 Å². The summed E-state index contributed by atoms with van der Waals surface area (Å²) in [5.74, 6) is -4.01. The van der Waals surface area contributed by atoms with Crippen molar-refractivity contribution >= 4 is 11.7 Å². The van der Waals surface area contributed by atoms with E-state index in [1.807, 2.05) is 0 Å². The van der Waals surface area contributed by atoms with E-state index in [0.717, 1.165) is 7.11 Å². The number of alkyl halides is 3. The number of ether oxygens (including phenoxy) is 2. The highest BCUT2D eigenvalue weighted by molar-refractivity contribution is 5.91. The highest BCUT2D eigenvalue weighted by atomic mass is 19.4. The van der Waals surface area contributed by atoms with E-state index < -0.39 is 40.3 Å². The number of hydrogen-bond donors (Lipinski definition) is 1. The summed E-state index contributed by atoms with van der Waals surface area (Å²) in [5, 5.41) is 19.3. The number of halogens is 3. The fourth-order valence-electron chi connectivity index (χ4n) is 1.09. The van der Waals surface area contributed by atoms with Gasteiger partial charge in [-0.3, -0.25) is 10.1 Å². The number of pyridine rings is 1. The fourth-order valence-corrected chi connectivity index (χ4v) is 1.09. The lowest BCUT2D eigenvalue weighted by Gasteiger charge is -2.11. The Hall–Kier alpha value is -2.59. The van der Waals surface area contributed by atoms with Gasteiger partial charge in [0.05, 0.1) is 12.0 Å². The Morgan fingerprint density at radius 2 is 2.05 bits per heavy atom. The largest absolute Gasteiger partial charge is 0.574 e. The van der Waals surface area contributed by atoms with Gasteiger partial charge in [0.1, 0.15) is 5.56 Å². The molecule has 1 aromatic heterocycles. The van der Waals surface area contributed by atoms with Crippen LogP contribution in [0.2, 0.25) is 0 Å². The van der Waals surface area contributed by atoms with Crippen LogP contribution in [0.4, 0.5) is 18.9 Å². The topological polar surface area (TPSA) is 112 Å². The summed E-state index contributed by atoms with van der Waals surface area (Å²) in [7, 11) is 0.924. The molecule has 0 aliphatic carbocycles. The number of methoxy groups -OCH3 is 1. The highest BCUT2D eigenvalue weighted by Crippen LogP contribution is 2.33. The van der Waals surface area contributed by atoms with Crippen LogP contribution in [0, 0.1) is 10.1 Å². The molecule has 1 N–H and O–H groups in total. The van der Waals surface area contributed by atoms with Crippen molar-refractivity contribution in [2.45, 2.75) is 6.36 Å². The second-order valence-corrected chi connectivity index (χ2v) is 2.98. The van der Waals surface area contributed by atoms with Crippen molar-refractivity contribution in [3.8, 4) is 11.8 Å². The fraction of sp³-hybridized carbons (Fsp3) is 0.250. The van der Waals surface area contributed by atoms with E-state index in [0.29, 0.717) is 6.07 Å². The molecule has 1 heterocycles. The lowest BCUT2D eigenvalue weighted by molar-refractivity contribution is -0.386. The van der Waals surface area contributed by atoms with Crippen molar-refractivity contribution < 1.29 is 37.5 Å². The van der Waals surface area contributed by atoms with Crippen molar-refractivity contribution in [2.24, 2.45) is 0 Å². The molecule has 11 heteroatoms. The van der Waals surface area contributed by atoms with Crippen LogP contribution < -0.4 is 9.47 Å². The zero-order valence-corrected chi connectivity index (χ0v) is 9.09. The number of nitrogens with zero attached hydrogens (tertiary/aromatic N) is 2. The second kappa shape index (κ2) is 4.96. The summed E-state index contributed by atoms with van der Waals surface area (Å²) in [5.41, 5.74) is -2.00. The normalized spacial score (nSPS) is 10.9. The Morgan fingerprint density at radius 1 is 1.47 bits per heavy atom. The number of nitro groups is 1. The predicted molar refractivity (Wildman–Crippen MR) is 51.1 cm³/mol. The zero-order chi connectivity index (χ0) is 14.8. The van der Waals surface area contributed by atoms with Crippen LogP contribution in [-0.2, 0) is 0 Å². The summed E-state index contributed by atoms with van der Waals surface area (Å²) in [6, 6.07) is 0.370. The molecule has 0 aromatic carbocycles. The standard InChI is InChI=1S/C8H5F3N2O6/c1-18-6-4(13(16)17)2-3(7(14)15)5(12-6)19-8(9,10)11/h2H,1H3,(H,14,15). The SMILES string of the molecule is COc1nc(OC(F)(F)F)c(C(=O)O)cc1[N+](=O)[O-]. The molecule has 8 nitrogen and oxygen atoms in total. The van der Waals surface area contributed by atoms with Gasteiger partial charge in [0.25, 0.3) is 5.88 Å². The molecule has 0 bridgehead atoms. The first-order valence-electron chi connectivity index (χ1n) is 4.38. The van der Waals surface area contributed by atoms with Crippen molar-refractivity contribution in [2.75, 3.05) is 7.11 Å². The number of aromatic carboxylic acids is 1. The summed E-state index contributed by atoms with van der Waals surface area (Å²) < 4.78 is 43.9. The highest BCUT2D eigenvalue weighted by Gasteiger charge is 2.36. The molecule has 19 heavy (non-hydrogen) atoms. The maximum Gasteiger partial charge on any atom is 0.574 e. The molecule has 0 atom stereocenters. The molecular weight excluding hydrogens is 277 g/mol. The number of carbonyl (C=O) groups is 1. The molecule has 0 saturated carbocycles. The molecule has 0 aliphatic rings. The number of carboxylic acids is 1. The zero-order valence-electron chi connectivity index (χ0n) is 9.09. The van der Waals surface area contributed by atoms with E-state index in [1.165, 1.54) is 0 Å². The van der Waals surface area contributed by atoms with E-state index >= 15 is 0 Å². The molecule has 0 amide bonds. The first kappa shape index (κ1) is 14.5. The molecule has 0 saturated heterocycles. The molecule has 0 unspecified atom stereocenters. The van der Waals surface area contributed by atoms with Crippen LogP contribution in [-0.4, -0.2) is 34.5 Å². The van der Waals surface area contributed by atoms with Crippen molar-refractivity contribution in [1.29, 1.82) is 0 Å². The predicted octanol–water partition coefficient (Wildman–Crippen LogP) is 1.60. The molecule has 0 aliphatic heterocycles. The van der Waals surface area contributed by atoms with Gasteiger partial charge >= 0.3 is 18.0 Å². The Labute approximate surface area is 102 Å². The van der Waals surface area contributed by atoms with E-state index in [4.69, 9.17) is 5.11 Å². The minimum Gasteiger partial charge on any atom is -0.477 e. The summed E-state index contributed by atoms with van der Waals surface area (Å²) in [6.07, 6.45) is -5.20. The monoisotopic (exact) mass is 282 g/mol. The Bertz CT molecular complexity index is 530. The number of rotatable bonds is 4. The number of hydrogen-bond acceptors (Lipinski definition) is 6. The minimum atomic E-state index is -5.20. The van der Waals surface area contributed by atoms with Crippen LogP contribution in [0.1, 0.15) is 10.4 Å². The van der Waals surface area contributed by atoms with Crippen LogP contribution in [0.25, 0.3) is 0 Å². The van der Waals surface area contributed by atoms with Gasteiger partial charge in [-0.25, -0.2) is 4.79 Å². The van der Waals surface area contributed by atoms with E-state index in [2.05, 4.69) is 14.5 Å². The van der Waals surface area contributed by atoms with Gasteiger partial charge in [0.15, 0.2) is 0 Å². The average molecular weight is 282 g/mol. The van der Waals surface area contributed by atoms with Crippen molar-refractivity contribution in [3.63, 3.8) is 0 Å². The van der Waals surface area contributed by atoms with Crippen molar-refractivity contribution in [3.05, 3.63) is 21.7 Å². The van der Waals surface area contributed by atoms with E-state index in [1.54, 1.807) is 0 Å². The maximum absolute atomic E-state index is 12.0. The number of aromatic nitrogens is 1. The third kappa shape index (κ3) is 3.43. The van der Waals surface area contributed by atoms with Gasteiger partial charge in [-0.05, 0) is 0 Å². The molecule has 0 spiro atoms. The average Bonchev–Trinajstić information content (AvgIpc) is 2.25. The van der Waals surface area contributed by atoms with Gasteiger partial charge < -0.3 is 14.6 Å². The lowest BCUT2D eigenvalue weighted by Crippen LogP contribution is -2.20. The van der Waals surface area contributed by atoms with Gasteiger partial charge in [0, 0.05) is 6.07 Å². The maximum atomic E-state index is 12.0. The smallest absolute Gasteiger partial charge is 0.477 e. The van der Waals surface area contributed by atoms with Crippen LogP contribution in [0.5, 0.6) is 11.8 Å². The third-order valence-corrected chi connectivity index (χ3v) is 1.77. The minimum absolute atomic E-state index is 0.370. The van der Waals surface area contributed by atoms with Gasteiger partial charge in [0.2, 0.25) is 5.88 Å². The van der Waals surface area contributed by atoms with Gasteiger partial charge in [-0.2, -0.15) is 4.98 Å². The quantitative estimate of drug-likeness (QED) is 0.659. The molecule has 0 fully saturated rings.